The molecule has 0 spiro atoms. The van der Waals surface area contributed by atoms with Crippen LogP contribution < -0.4 is 10.1 Å². The summed E-state index contributed by atoms with van der Waals surface area (Å²) in [5.74, 6) is 0.936. The van der Waals surface area contributed by atoms with Gasteiger partial charge in [-0.05, 0) is 41.5 Å². The monoisotopic (exact) mass is 347 g/mol. The minimum atomic E-state index is 0.934. The third kappa shape index (κ3) is 6.88. The first-order chi connectivity index (χ1) is 8.36. The molecule has 1 aromatic carbocycles. The maximum Gasteiger partial charge on any atom is 0.119 e. The zero-order valence-electron chi connectivity index (χ0n) is 10.5. The number of methoxy groups -OCH3 is 1. The van der Waals surface area contributed by atoms with Gasteiger partial charge in [0, 0.05) is 6.54 Å². The van der Waals surface area contributed by atoms with Gasteiger partial charge in [-0.2, -0.15) is 0 Å². The van der Waals surface area contributed by atoms with Crippen LogP contribution in [0.4, 0.5) is 0 Å². The Morgan fingerprint density at radius 2 is 2.00 bits per heavy atom. The average molecular weight is 347 g/mol. The molecule has 17 heavy (non-hydrogen) atoms. The fourth-order valence-electron chi connectivity index (χ4n) is 1.71. The quantitative estimate of drug-likeness (QED) is 0.417. The summed E-state index contributed by atoms with van der Waals surface area (Å²) in [5, 5.41) is 3.47. The van der Waals surface area contributed by atoms with E-state index in [4.69, 9.17) is 4.74 Å². The SMILES string of the molecule is COc1cccc(CNCCCCCCI)c1. The van der Waals surface area contributed by atoms with Crippen LogP contribution in [0.25, 0.3) is 0 Å². The van der Waals surface area contributed by atoms with Gasteiger partial charge in [-0.15, -0.1) is 0 Å². The summed E-state index contributed by atoms with van der Waals surface area (Å²) < 4.78 is 6.48. The van der Waals surface area contributed by atoms with E-state index in [9.17, 15) is 0 Å². The number of hydrogen-bond acceptors (Lipinski definition) is 2. The molecule has 0 atom stereocenters. The predicted molar refractivity (Wildman–Crippen MR) is 82.1 cm³/mol. The molecule has 2 nitrogen and oxygen atoms in total. The van der Waals surface area contributed by atoms with Crippen LogP contribution in [0, 0.1) is 0 Å². The van der Waals surface area contributed by atoms with E-state index < -0.39 is 0 Å². The van der Waals surface area contributed by atoms with Gasteiger partial charge in [-0.25, -0.2) is 0 Å². The second-order valence-corrected chi connectivity index (χ2v) is 5.21. The van der Waals surface area contributed by atoms with Gasteiger partial charge in [0.15, 0.2) is 0 Å². The van der Waals surface area contributed by atoms with Crippen molar-refractivity contribution in [3.63, 3.8) is 0 Å². The van der Waals surface area contributed by atoms with Crippen LogP contribution in [0.5, 0.6) is 5.75 Å². The minimum absolute atomic E-state index is 0.934. The lowest BCUT2D eigenvalue weighted by Gasteiger charge is -2.06. The standard InChI is InChI=1S/C14H22INO/c1-17-14-8-6-7-13(11-14)12-16-10-5-3-2-4-9-15/h6-8,11,16H,2-5,9-10,12H2,1H3. The molecule has 0 heterocycles. The van der Waals surface area contributed by atoms with E-state index in [1.165, 1.54) is 35.7 Å². The lowest BCUT2D eigenvalue weighted by molar-refractivity contribution is 0.414. The third-order valence-corrected chi connectivity index (χ3v) is 3.46. The Labute approximate surface area is 118 Å². The maximum absolute atomic E-state index is 5.20. The fraction of sp³-hybridized carbons (Fsp3) is 0.571. The van der Waals surface area contributed by atoms with Crippen LogP contribution in [0.2, 0.25) is 0 Å². The number of nitrogens with one attached hydrogen (secondary N) is 1. The molecule has 0 saturated carbocycles. The van der Waals surface area contributed by atoms with E-state index in [-0.39, 0.29) is 0 Å². The van der Waals surface area contributed by atoms with Gasteiger partial charge in [-0.3, -0.25) is 0 Å². The maximum atomic E-state index is 5.20. The Kier molecular flexibility index (Phi) is 8.44. The van der Waals surface area contributed by atoms with Crippen molar-refractivity contribution in [1.82, 2.24) is 5.32 Å². The van der Waals surface area contributed by atoms with Crippen molar-refractivity contribution in [1.29, 1.82) is 0 Å². The molecule has 3 heteroatoms. The van der Waals surface area contributed by atoms with Crippen molar-refractivity contribution in [2.45, 2.75) is 32.2 Å². The van der Waals surface area contributed by atoms with Gasteiger partial charge >= 0.3 is 0 Å². The van der Waals surface area contributed by atoms with Gasteiger partial charge in [0.2, 0.25) is 0 Å². The molecular formula is C14H22INO. The van der Waals surface area contributed by atoms with Crippen LogP contribution in [-0.4, -0.2) is 18.1 Å². The Bertz CT molecular complexity index is 304. The number of ether oxygens (including phenoxy) is 1. The molecule has 0 unspecified atom stereocenters. The zero-order valence-corrected chi connectivity index (χ0v) is 12.7. The topological polar surface area (TPSA) is 21.3 Å². The summed E-state index contributed by atoms with van der Waals surface area (Å²) in [4.78, 5) is 0. The van der Waals surface area contributed by atoms with Crippen LogP contribution >= 0.6 is 22.6 Å². The van der Waals surface area contributed by atoms with Crippen molar-refractivity contribution in [3.8, 4) is 5.75 Å². The Morgan fingerprint density at radius 3 is 2.76 bits per heavy atom. The molecule has 1 N–H and O–H groups in total. The predicted octanol–water partition coefficient (Wildman–Crippen LogP) is 3.78. The van der Waals surface area contributed by atoms with Gasteiger partial charge in [-0.1, -0.05) is 47.6 Å². The number of benzene rings is 1. The second-order valence-electron chi connectivity index (χ2n) is 4.13. The zero-order chi connectivity index (χ0) is 12.3. The molecule has 1 rings (SSSR count). The van der Waals surface area contributed by atoms with Gasteiger partial charge in [0.1, 0.15) is 5.75 Å². The molecular weight excluding hydrogens is 325 g/mol. The number of unbranched alkanes of at least 4 members (excludes halogenated alkanes) is 3. The molecule has 0 saturated heterocycles. The number of hydrogen-bond donors (Lipinski definition) is 1. The van der Waals surface area contributed by atoms with Crippen LogP contribution in [0.1, 0.15) is 31.2 Å². The molecule has 96 valence electrons. The summed E-state index contributed by atoms with van der Waals surface area (Å²) in [6.45, 7) is 2.04. The van der Waals surface area contributed by atoms with Crippen LogP contribution in [-0.2, 0) is 6.54 Å². The van der Waals surface area contributed by atoms with E-state index >= 15 is 0 Å². The highest BCUT2D eigenvalue weighted by Gasteiger charge is 1.95. The van der Waals surface area contributed by atoms with Gasteiger partial charge in [0.05, 0.1) is 7.11 Å². The van der Waals surface area contributed by atoms with Gasteiger partial charge in [0.25, 0.3) is 0 Å². The Hall–Kier alpha value is -0.290. The molecule has 0 amide bonds. The smallest absolute Gasteiger partial charge is 0.119 e. The Morgan fingerprint density at radius 1 is 1.18 bits per heavy atom. The molecule has 0 radical (unpaired) electrons. The minimum Gasteiger partial charge on any atom is -0.497 e. The molecule has 0 fully saturated rings. The molecule has 0 aromatic heterocycles. The largest absolute Gasteiger partial charge is 0.497 e. The molecule has 1 aromatic rings. The lowest BCUT2D eigenvalue weighted by Crippen LogP contribution is -2.14. The van der Waals surface area contributed by atoms with Crippen molar-refractivity contribution >= 4 is 22.6 Å². The number of halogens is 1. The van der Waals surface area contributed by atoms with E-state index in [1.54, 1.807) is 7.11 Å². The first kappa shape index (κ1) is 14.8. The summed E-state index contributed by atoms with van der Waals surface area (Å²) >= 11 is 2.44. The third-order valence-electron chi connectivity index (χ3n) is 2.70. The Balaban J connectivity index is 2.09. The summed E-state index contributed by atoms with van der Waals surface area (Å²) in [5.41, 5.74) is 1.29. The number of alkyl halides is 1. The van der Waals surface area contributed by atoms with Gasteiger partial charge < -0.3 is 10.1 Å². The molecule has 0 aliphatic carbocycles. The highest BCUT2D eigenvalue weighted by molar-refractivity contribution is 14.1. The van der Waals surface area contributed by atoms with E-state index in [0.29, 0.717) is 0 Å². The summed E-state index contributed by atoms with van der Waals surface area (Å²) in [6.07, 6.45) is 5.34. The van der Waals surface area contributed by atoms with E-state index in [0.717, 1.165) is 18.8 Å². The molecule has 0 bridgehead atoms. The highest BCUT2D eigenvalue weighted by atomic mass is 127. The average Bonchev–Trinajstić information content (AvgIpc) is 2.38. The number of rotatable bonds is 9. The summed E-state index contributed by atoms with van der Waals surface area (Å²) in [6, 6.07) is 8.23. The van der Waals surface area contributed by atoms with E-state index in [1.807, 2.05) is 12.1 Å². The summed E-state index contributed by atoms with van der Waals surface area (Å²) in [7, 11) is 1.71. The first-order valence-corrected chi connectivity index (χ1v) is 7.79. The highest BCUT2D eigenvalue weighted by Crippen LogP contribution is 2.12. The van der Waals surface area contributed by atoms with Crippen molar-refractivity contribution < 1.29 is 4.74 Å². The van der Waals surface area contributed by atoms with E-state index in [2.05, 4.69) is 40.0 Å². The first-order valence-electron chi connectivity index (χ1n) is 6.26. The normalized spacial score (nSPS) is 10.5. The van der Waals surface area contributed by atoms with Crippen molar-refractivity contribution in [3.05, 3.63) is 29.8 Å². The van der Waals surface area contributed by atoms with Crippen LogP contribution in [0.3, 0.4) is 0 Å². The van der Waals surface area contributed by atoms with Crippen molar-refractivity contribution in [2.75, 3.05) is 18.1 Å². The molecule has 0 aliphatic heterocycles. The van der Waals surface area contributed by atoms with Crippen LogP contribution in [0.15, 0.2) is 24.3 Å². The lowest BCUT2D eigenvalue weighted by atomic mass is 10.2. The van der Waals surface area contributed by atoms with Crippen molar-refractivity contribution in [2.24, 2.45) is 0 Å². The molecule has 0 aliphatic rings. The fourth-order valence-corrected chi connectivity index (χ4v) is 2.25. The second kappa shape index (κ2) is 9.71.